The molecule has 1 aliphatic heterocycles. The van der Waals surface area contributed by atoms with E-state index in [4.69, 9.17) is 4.74 Å². The number of carbonyl (C=O) groups excluding carboxylic acids is 1. The molecule has 1 saturated heterocycles. The molecule has 0 spiro atoms. The molecule has 0 aromatic heterocycles. The molecule has 1 aliphatic rings. The monoisotopic (exact) mass is 420 g/mol. The molecule has 0 bridgehead atoms. The van der Waals surface area contributed by atoms with E-state index in [0.717, 1.165) is 48.9 Å². The Kier molecular flexibility index (Phi) is 6.79. The van der Waals surface area contributed by atoms with Crippen LogP contribution >= 0.6 is 0 Å². The van der Waals surface area contributed by atoms with Gasteiger partial charge in [0, 0.05) is 11.4 Å². The lowest BCUT2D eigenvalue weighted by Crippen LogP contribution is -3.15. The summed E-state index contributed by atoms with van der Waals surface area (Å²) in [5, 5.41) is 2.97. The van der Waals surface area contributed by atoms with Crippen LogP contribution in [0.1, 0.15) is 5.56 Å². The van der Waals surface area contributed by atoms with Crippen molar-refractivity contribution in [1.82, 2.24) is 0 Å². The minimum Gasteiger partial charge on any atom is -0.489 e. The number of nitrogens with one attached hydrogen (secondary N) is 2. The second kappa shape index (κ2) is 10.1. The second-order valence-electron chi connectivity index (χ2n) is 7.74. The highest BCUT2D eigenvalue weighted by Crippen LogP contribution is 2.17. The van der Waals surface area contributed by atoms with Gasteiger partial charge in [0.2, 0.25) is 0 Å². The molecular formula is C25H27FN3O2+. The molecule has 0 saturated carbocycles. The average molecular weight is 421 g/mol. The number of piperazine rings is 1. The minimum absolute atomic E-state index is 0.00295. The van der Waals surface area contributed by atoms with Crippen molar-refractivity contribution in [3.63, 3.8) is 0 Å². The Labute approximate surface area is 182 Å². The van der Waals surface area contributed by atoms with Crippen LogP contribution in [0, 0.1) is 5.82 Å². The number of benzene rings is 3. The van der Waals surface area contributed by atoms with Gasteiger partial charge in [-0.05, 0) is 54.1 Å². The first-order chi connectivity index (χ1) is 15.2. The molecule has 0 radical (unpaired) electrons. The predicted molar refractivity (Wildman–Crippen MR) is 120 cm³/mol. The second-order valence-corrected chi connectivity index (χ2v) is 7.74. The molecule has 6 heteroatoms. The lowest BCUT2D eigenvalue weighted by Gasteiger charge is -2.33. The maximum absolute atomic E-state index is 13.1. The van der Waals surface area contributed by atoms with Gasteiger partial charge in [0.05, 0.1) is 26.2 Å². The number of halogens is 1. The van der Waals surface area contributed by atoms with E-state index in [-0.39, 0.29) is 11.7 Å². The summed E-state index contributed by atoms with van der Waals surface area (Å²) < 4.78 is 18.9. The number of rotatable bonds is 7. The van der Waals surface area contributed by atoms with Gasteiger partial charge in [-0.15, -0.1) is 0 Å². The minimum atomic E-state index is -0.222. The van der Waals surface area contributed by atoms with Gasteiger partial charge in [-0.3, -0.25) is 4.79 Å². The summed E-state index contributed by atoms with van der Waals surface area (Å²) >= 11 is 0. The first kappa shape index (κ1) is 20.9. The molecule has 1 heterocycles. The SMILES string of the molecule is O=C(C[NH+]1CCN(c2ccc(F)cc2)CC1)Nc1ccc(OCc2ccccc2)cc1. The van der Waals surface area contributed by atoms with Gasteiger partial charge in [0.1, 0.15) is 18.2 Å². The van der Waals surface area contributed by atoms with Crippen molar-refractivity contribution in [2.24, 2.45) is 0 Å². The van der Waals surface area contributed by atoms with E-state index in [0.29, 0.717) is 13.2 Å². The smallest absolute Gasteiger partial charge is 0.279 e. The molecule has 4 rings (SSSR count). The van der Waals surface area contributed by atoms with Crippen molar-refractivity contribution in [3.05, 3.63) is 90.2 Å². The molecule has 160 valence electrons. The summed E-state index contributed by atoms with van der Waals surface area (Å²) in [4.78, 5) is 15.9. The molecule has 1 fully saturated rings. The van der Waals surface area contributed by atoms with Gasteiger partial charge in [-0.2, -0.15) is 0 Å². The van der Waals surface area contributed by atoms with Crippen molar-refractivity contribution in [3.8, 4) is 5.75 Å². The third kappa shape index (κ3) is 6.06. The molecule has 31 heavy (non-hydrogen) atoms. The van der Waals surface area contributed by atoms with Crippen LogP contribution in [0.3, 0.4) is 0 Å². The van der Waals surface area contributed by atoms with E-state index < -0.39 is 0 Å². The first-order valence-corrected chi connectivity index (χ1v) is 10.6. The molecule has 1 amide bonds. The number of amides is 1. The van der Waals surface area contributed by atoms with Crippen molar-refractivity contribution < 1.29 is 18.8 Å². The largest absolute Gasteiger partial charge is 0.489 e. The third-order valence-corrected chi connectivity index (χ3v) is 5.46. The summed E-state index contributed by atoms with van der Waals surface area (Å²) in [5.41, 5.74) is 2.91. The van der Waals surface area contributed by atoms with E-state index in [1.54, 1.807) is 12.1 Å². The number of nitrogens with zero attached hydrogens (tertiary/aromatic N) is 1. The molecule has 0 aliphatic carbocycles. The highest BCUT2D eigenvalue weighted by molar-refractivity contribution is 5.91. The normalized spacial score (nSPS) is 14.3. The molecule has 3 aromatic carbocycles. The lowest BCUT2D eigenvalue weighted by molar-refractivity contribution is -0.892. The Morgan fingerprint density at radius 2 is 1.61 bits per heavy atom. The maximum atomic E-state index is 13.1. The molecular weight excluding hydrogens is 393 g/mol. The van der Waals surface area contributed by atoms with E-state index in [2.05, 4.69) is 10.2 Å². The van der Waals surface area contributed by atoms with Crippen LogP contribution in [0.4, 0.5) is 15.8 Å². The van der Waals surface area contributed by atoms with E-state index in [1.807, 2.05) is 54.6 Å². The summed E-state index contributed by atoms with van der Waals surface area (Å²) in [7, 11) is 0. The van der Waals surface area contributed by atoms with Crippen molar-refractivity contribution in [2.45, 2.75) is 6.61 Å². The van der Waals surface area contributed by atoms with Crippen LogP contribution in [-0.2, 0) is 11.4 Å². The molecule has 3 aromatic rings. The fourth-order valence-corrected chi connectivity index (χ4v) is 3.72. The fourth-order valence-electron chi connectivity index (χ4n) is 3.72. The Balaban J connectivity index is 1.20. The van der Waals surface area contributed by atoms with Crippen LogP contribution in [0.2, 0.25) is 0 Å². The Morgan fingerprint density at radius 3 is 2.29 bits per heavy atom. The maximum Gasteiger partial charge on any atom is 0.279 e. The average Bonchev–Trinajstić information content (AvgIpc) is 2.80. The summed E-state index contributed by atoms with van der Waals surface area (Å²) in [6.45, 7) is 4.39. The quantitative estimate of drug-likeness (QED) is 0.618. The number of carbonyl (C=O) groups is 1. The van der Waals surface area contributed by atoms with Crippen molar-refractivity contribution in [2.75, 3.05) is 42.9 Å². The summed E-state index contributed by atoms with van der Waals surface area (Å²) in [6.07, 6.45) is 0. The van der Waals surface area contributed by atoms with Crippen molar-refractivity contribution >= 4 is 17.3 Å². The highest BCUT2D eigenvalue weighted by atomic mass is 19.1. The predicted octanol–water partition coefficient (Wildman–Crippen LogP) is 2.75. The first-order valence-electron chi connectivity index (χ1n) is 10.6. The Bertz CT molecular complexity index is 970. The van der Waals surface area contributed by atoms with Crippen LogP contribution in [0.25, 0.3) is 0 Å². The summed E-state index contributed by atoms with van der Waals surface area (Å²) in [5.74, 6) is 0.549. The van der Waals surface area contributed by atoms with Crippen molar-refractivity contribution in [1.29, 1.82) is 0 Å². The van der Waals surface area contributed by atoms with Gasteiger partial charge in [0.25, 0.3) is 5.91 Å². The molecule has 0 atom stereocenters. The van der Waals surface area contributed by atoms with Crippen LogP contribution in [0.5, 0.6) is 5.75 Å². The van der Waals surface area contributed by atoms with Gasteiger partial charge in [-0.1, -0.05) is 30.3 Å². The summed E-state index contributed by atoms with van der Waals surface area (Å²) in [6, 6.07) is 24.0. The number of ether oxygens (including phenoxy) is 1. The number of quaternary nitrogens is 1. The van der Waals surface area contributed by atoms with Gasteiger partial charge >= 0.3 is 0 Å². The molecule has 0 unspecified atom stereocenters. The molecule has 5 nitrogen and oxygen atoms in total. The Hall–Kier alpha value is -3.38. The topological polar surface area (TPSA) is 46.0 Å². The van der Waals surface area contributed by atoms with E-state index in [9.17, 15) is 9.18 Å². The molecule has 2 N–H and O–H groups in total. The zero-order valence-corrected chi connectivity index (χ0v) is 17.4. The van der Waals surface area contributed by atoms with Crippen LogP contribution < -0.4 is 19.9 Å². The standard InChI is InChI=1S/C25H26FN3O2/c26-21-6-10-23(11-7-21)29-16-14-28(15-17-29)18-25(30)27-22-8-12-24(13-9-22)31-19-20-4-2-1-3-5-20/h1-13H,14-19H2,(H,27,30)/p+1. The van der Waals surface area contributed by atoms with E-state index in [1.165, 1.54) is 17.0 Å². The van der Waals surface area contributed by atoms with E-state index >= 15 is 0 Å². The van der Waals surface area contributed by atoms with Gasteiger partial charge in [-0.25, -0.2) is 4.39 Å². The van der Waals surface area contributed by atoms with Crippen LogP contribution in [-0.4, -0.2) is 38.6 Å². The number of hydrogen-bond donors (Lipinski definition) is 2. The fraction of sp³-hybridized carbons (Fsp3) is 0.240. The zero-order valence-electron chi connectivity index (χ0n) is 17.4. The lowest BCUT2D eigenvalue weighted by atomic mass is 10.2. The highest BCUT2D eigenvalue weighted by Gasteiger charge is 2.22. The zero-order chi connectivity index (χ0) is 21.5. The number of anilines is 2. The number of hydrogen-bond acceptors (Lipinski definition) is 3. The van der Waals surface area contributed by atoms with Gasteiger partial charge < -0.3 is 19.9 Å². The van der Waals surface area contributed by atoms with Gasteiger partial charge in [0.15, 0.2) is 6.54 Å². The van der Waals surface area contributed by atoms with Crippen LogP contribution in [0.15, 0.2) is 78.9 Å². The Morgan fingerprint density at radius 1 is 0.935 bits per heavy atom. The third-order valence-electron chi connectivity index (χ3n) is 5.46.